The maximum atomic E-state index is 5.45. The van der Waals surface area contributed by atoms with Crippen LogP contribution in [0.4, 0.5) is 0 Å². The highest BCUT2D eigenvalue weighted by molar-refractivity contribution is 9.10. The lowest BCUT2D eigenvalue weighted by molar-refractivity contribution is -0.898. The van der Waals surface area contributed by atoms with Gasteiger partial charge in [-0.1, -0.05) is 102 Å². The topological polar surface area (TPSA) is 24.9 Å². The molecule has 4 aliphatic heterocycles. The Labute approximate surface area is 362 Å². The molecule has 0 spiro atoms. The Hall–Kier alpha value is 2.64. The van der Waals surface area contributed by atoms with E-state index in [-0.39, 0.29) is 0 Å². The third-order valence-electron chi connectivity index (χ3n) is 9.49. The number of hydrogen-bond donors (Lipinski definition) is 0. The van der Waals surface area contributed by atoms with Gasteiger partial charge in [0.2, 0.25) is 0 Å². The van der Waals surface area contributed by atoms with E-state index < -0.39 is 0 Å². The standard InChI is InChI=1S/C10H21BrN.C9H19BrNO.C5H10Br2.2C5H11N.C4H8Br2O/c1-12(9-5-6-10-12)8-4-2-3-7-11;1-11(5-2-3-6-11)7-9-12-8-4-10;6-4-2-1-3-5-7;2*1-6-4-2-3-5-6;5-1-3-7-4-2-6/h2-10H2,1H3;2-9H2,1H3;1-5H2;2*2-5H2,1H3;1-4H2/q2*+1;;;;. The SMILES string of the molecule is BrCCCCCBr.BrCCOCCBr.CN1CCCC1.CN1CCCC1.C[N+]1(CCCCCBr)CCCC1.C[N+]1(CCOCCBr)CCCC1. The average Bonchev–Trinajstić information content (AvgIpc) is 3.95. The average molecular weight is 1100 g/mol. The summed E-state index contributed by atoms with van der Waals surface area (Å²) < 4.78 is 13.1. The molecule has 4 rings (SSSR count). The summed E-state index contributed by atoms with van der Waals surface area (Å²) in [5.41, 5.74) is 0. The van der Waals surface area contributed by atoms with Gasteiger partial charge < -0.3 is 28.2 Å². The lowest BCUT2D eigenvalue weighted by Crippen LogP contribution is -2.43. The molecular formula is C38H80Br6N4O2+2. The number of rotatable bonds is 18. The summed E-state index contributed by atoms with van der Waals surface area (Å²) in [4.78, 5) is 4.72. The summed E-state index contributed by atoms with van der Waals surface area (Å²) >= 11 is 20.0. The van der Waals surface area contributed by atoms with Gasteiger partial charge in [0.15, 0.2) is 0 Å². The van der Waals surface area contributed by atoms with E-state index in [1.54, 1.807) is 0 Å². The van der Waals surface area contributed by atoms with Gasteiger partial charge in [-0.2, -0.15) is 0 Å². The Kier molecular flexibility index (Phi) is 45.2. The molecule has 4 aliphatic rings. The van der Waals surface area contributed by atoms with Gasteiger partial charge in [0, 0.05) is 57.7 Å². The van der Waals surface area contributed by atoms with Crippen LogP contribution in [0.5, 0.6) is 0 Å². The van der Waals surface area contributed by atoms with Crippen LogP contribution in [-0.4, -0.2) is 171 Å². The van der Waals surface area contributed by atoms with Crippen molar-refractivity contribution in [2.24, 2.45) is 0 Å². The van der Waals surface area contributed by atoms with Gasteiger partial charge in [-0.05, 0) is 98.1 Å². The number of unbranched alkanes of at least 4 members (excludes halogenated alkanes) is 4. The molecule has 0 aromatic rings. The lowest BCUT2D eigenvalue weighted by Gasteiger charge is -2.29. The normalized spacial score (nSPS) is 19.1. The number of likely N-dealkylation sites (tertiary alicyclic amines) is 4. The summed E-state index contributed by atoms with van der Waals surface area (Å²) in [5, 5.41) is 6.30. The molecule has 50 heavy (non-hydrogen) atoms. The molecule has 0 bridgehead atoms. The van der Waals surface area contributed by atoms with Crippen molar-refractivity contribution in [2.75, 3.05) is 152 Å². The van der Waals surface area contributed by atoms with E-state index in [4.69, 9.17) is 9.47 Å². The Morgan fingerprint density at radius 1 is 0.400 bits per heavy atom. The van der Waals surface area contributed by atoms with E-state index in [2.05, 4.69) is 134 Å². The van der Waals surface area contributed by atoms with Crippen molar-refractivity contribution in [1.29, 1.82) is 0 Å². The van der Waals surface area contributed by atoms with Crippen LogP contribution in [0.15, 0.2) is 0 Å². The number of likely N-dealkylation sites (N-methyl/N-ethyl adjacent to an activating group) is 1. The predicted molar refractivity (Wildman–Crippen MR) is 246 cm³/mol. The van der Waals surface area contributed by atoms with Crippen molar-refractivity contribution in [1.82, 2.24) is 9.80 Å². The van der Waals surface area contributed by atoms with Crippen molar-refractivity contribution in [2.45, 2.75) is 89.9 Å². The van der Waals surface area contributed by atoms with Crippen LogP contribution in [-0.2, 0) is 9.47 Å². The summed E-state index contributed by atoms with van der Waals surface area (Å²) in [6.45, 7) is 16.8. The first-order valence-electron chi connectivity index (χ1n) is 19.7. The Balaban J connectivity index is 0. The van der Waals surface area contributed by atoms with E-state index in [1.165, 1.54) is 170 Å². The fraction of sp³-hybridized carbons (Fsp3) is 1.00. The number of ether oxygens (including phenoxy) is 2. The second kappa shape index (κ2) is 41.3. The first-order chi connectivity index (χ1) is 24.2. The molecule has 0 N–H and O–H groups in total. The Morgan fingerprint density at radius 2 is 0.720 bits per heavy atom. The largest absolute Gasteiger partial charge is 0.380 e. The summed E-state index contributed by atoms with van der Waals surface area (Å²) in [5.74, 6) is 0. The van der Waals surface area contributed by atoms with E-state index >= 15 is 0 Å². The van der Waals surface area contributed by atoms with Gasteiger partial charge in [0.05, 0.1) is 73.2 Å². The highest BCUT2D eigenvalue weighted by Crippen LogP contribution is 2.18. The van der Waals surface area contributed by atoms with Crippen LogP contribution >= 0.6 is 95.6 Å². The quantitative estimate of drug-likeness (QED) is 0.0776. The molecule has 0 aromatic carbocycles. The Bertz CT molecular complexity index is 589. The molecule has 6 nitrogen and oxygen atoms in total. The third-order valence-corrected chi connectivity index (χ3v) is 12.1. The van der Waals surface area contributed by atoms with Gasteiger partial charge in [0.25, 0.3) is 0 Å². The molecule has 0 aromatic heterocycles. The minimum absolute atomic E-state index is 0.811. The van der Waals surface area contributed by atoms with Crippen molar-refractivity contribution < 1.29 is 18.4 Å². The number of quaternary nitrogens is 2. The zero-order valence-electron chi connectivity index (χ0n) is 32.9. The summed E-state index contributed by atoms with van der Waals surface area (Å²) in [6, 6.07) is 0. The fourth-order valence-corrected chi connectivity index (χ4v) is 8.05. The summed E-state index contributed by atoms with van der Waals surface area (Å²) in [7, 11) is 9.10. The van der Waals surface area contributed by atoms with Gasteiger partial charge in [-0.3, -0.25) is 0 Å². The predicted octanol–water partition coefficient (Wildman–Crippen LogP) is 10.6. The number of hydrogen-bond acceptors (Lipinski definition) is 4. The van der Waals surface area contributed by atoms with Crippen LogP contribution in [0.3, 0.4) is 0 Å². The first-order valence-corrected chi connectivity index (χ1v) is 26.4. The molecule has 0 atom stereocenters. The summed E-state index contributed by atoms with van der Waals surface area (Å²) in [6.07, 6.45) is 19.5. The van der Waals surface area contributed by atoms with E-state index in [1.807, 2.05) is 0 Å². The maximum absolute atomic E-state index is 5.45. The van der Waals surface area contributed by atoms with Crippen molar-refractivity contribution in [3.05, 3.63) is 0 Å². The zero-order chi connectivity index (χ0) is 37.6. The highest BCUT2D eigenvalue weighted by atomic mass is 79.9. The van der Waals surface area contributed by atoms with Gasteiger partial charge in [0.1, 0.15) is 6.54 Å². The molecule has 304 valence electrons. The molecule has 4 fully saturated rings. The van der Waals surface area contributed by atoms with E-state index in [0.717, 1.165) is 53.1 Å². The maximum Gasteiger partial charge on any atom is 0.102 e. The molecule has 4 heterocycles. The molecule has 0 aliphatic carbocycles. The lowest BCUT2D eigenvalue weighted by atomic mass is 10.2. The molecule has 0 saturated carbocycles. The molecule has 4 saturated heterocycles. The molecule has 0 unspecified atom stereocenters. The van der Waals surface area contributed by atoms with Gasteiger partial charge in [-0.15, -0.1) is 0 Å². The smallest absolute Gasteiger partial charge is 0.102 e. The second-order valence-electron chi connectivity index (χ2n) is 14.5. The molecular weight excluding hydrogens is 1020 g/mol. The fourth-order valence-electron chi connectivity index (χ4n) is 6.18. The second-order valence-corrected chi connectivity index (χ2v) is 19.3. The number of alkyl halides is 6. The van der Waals surface area contributed by atoms with Crippen molar-refractivity contribution in [3.8, 4) is 0 Å². The minimum Gasteiger partial charge on any atom is -0.380 e. The molecule has 0 amide bonds. The number of halogens is 6. The number of nitrogens with zero attached hydrogens (tertiary/aromatic N) is 4. The molecule has 12 heteroatoms. The van der Waals surface area contributed by atoms with Crippen LogP contribution in [0.25, 0.3) is 0 Å². The zero-order valence-corrected chi connectivity index (χ0v) is 42.4. The van der Waals surface area contributed by atoms with Crippen LogP contribution in [0, 0.1) is 0 Å². The van der Waals surface area contributed by atoms with Crippen molar-refractivity contribution >= 4 is 95.6 Å². The van der Waals surface area contributed by atoms with Crippen LogP contribution in [0.2, 0.25) is 0 Å². The van der Waals surface area contributed by atoms with Crippen LogP contribution in [0.1, 0.15) is 89.9 Å². The third kappa shape index (κ3) is 38.9. The first kappa shape index (κ1) is 54.7. The molecule has 0 radical (unpaired) electrons. The Morgan fingerprint density at radius 3 is 1.02 bits per heavy atom. The van der Waals surface area contributed by atoms with Gasteiger partial charge >= 0.3 is 0 Å². The minimum atomic E-state index is 0.811. The monoisotopic (exact) mass is 1100 g/mol. The highest BCUT2D eigenvalue weighted by Gasteiger charge is 2.26. The van der Waals surface area contributed by atoms with E-state index in [0.29, 0.717) is 0 Å². The van der Waals surface area contributed by atoms with E-state index in [9.17, 15) is 0 Å². The van der Waals surface area contributed by atoms with Gasteiger partial charge in [-0.25, -0.2) is 0 Å². The van der Waals surface area contributed by atoms with Crippen LogP contribution < -0.4 is 0 Å². The van der Waals surface area contributed by atoms with Crippen molar-refractivity contribution in [3.63, 3.8) is 0 Å².